The van der Waals surface area contributed by atoms with Crippen LogP contribution in [0.4, 0.5) is 26.3 Å². The van der Waals surface area contributed by atoms with Gasteiger partial charge < -0.3 is 14.2 Å². The van der Waals surface area contributed by atoms with Gasteiger partial charge in [-0.3, -0.25) is 9.59 Å². The van der Waals surface area contributed by atoms with Crippen LogP contribution in [-0.2, 0) is 28.6 Å². The summed E-state index contributed by atoms with van der Waals surface area (Å²) in [5.74, 6) is -3.36. The van der Waals surface area contributed by atoms with Crippen LogP contribution in [0.3, 0.4) is 0 Å². The molecule has 0 aliphatic rings. The zero-order valence-corrected chi connectivity index (χ0v) is 9.99. The fraction of sp³-hybridized carbons (Fsp3) is 0.667. The summed E-state index contributed by atoms with van der Waals surface area (Å²) in [6.45, 7) is -4.35. The maximum absolute atomic E-state index is 11.8. The van der Waals surface area contributed by atoms with Crippen molar-refractivity contribution in [2.45, 2.75) is 24.9 Å². The van der Waals surface area contributed by atoms with E-state index in [-0.39, 0.29) is 6.47 Å². The predicted octanol–water partition coefficient (Wildman–Crippen LogP) is 1.13. The highest BCUT2D eigenvalue weighted by Crippen LogP contribution is 2.17. The van der Waals surface area contributed by atoms with Gasteiger partial charge in [-0.15, -0.1) is 0 Å². The lowest BCUT2D eigenvalue weighted by Gasteiger charge is -2.15. The minimum absolute atomic E-state index is 0.378. The smallest absolute Gasteiger partial charge is 0.422 e. The molecule has 0 amide bonds. The average molecular weight is 326 g/mol. The van der Waals surface area contributed by atoms with E-state index in [9.17, 15) is 40.7 Å². The number of carbonyl (C=O) groups excluding carboxylic acids is 3. The molecule has 0 bridgehead atoms. The third-order valence-electron chi connectivity index (χ3n) is 1.61. The first-order valence-electron chi connectivity index (χ1n) is 4.99. The molecule has 0 saturated carbocycles. The van der Waals surface area contributed by atoms with Crippen LogP contribution in [0.15, 0.2) is 0 Å². The van der Waals surface area contributed by atoms with Crippen molar-refractivity contribution in [2.24, 2.45) is 0 Å². The molecule has 0 saturated heterocycles. The summed E-state index contributed by atoms with van der Waals surface area (Å²) in [4.78, 5) is 32.0. The number of halogens is 6. The van der Waals surface area contributed by atoms with E-state index >= 15 is 0 Å². The average Bonchev–Trinajstić information content (AvgIpc) is 2.31. The van der Waals surface area contributed by atoms with Crippen molar-refractivity contribution in [1.29, 1.82) is 0 Å². The lowest BCUT2D eigenvalue weighted by atomic mass is 10.2. The molecular weight excluding hydrogens is 318 g/mol. The zero-order valence-electron chi connectivity index (χ0n) is 9.99. The molecule has 0 aromatic rings. The van der Waals surface area contributed by atoms with Crippen molar-refractivity contribution in [1.82, 2.24) is 0 Å². The topological polar surface area (TPSA) is 78.9 Å². The van der Waals surface area contributed by atoms with Gasteiger partial charge in [-0.05, 0) is 0 Å². The number of hydrogen-bond acceptors (Lipinski definition) is 6. The Morgan fingerprint density at radius 1 is 0.952 bits per heavy atom. The second kappa shape index (κ2) is 7.69. The first-order valence-corrected chi connectivity index (χ1v) is 4.99. The highest BCUT2D eigenvalue weighted by molar-refractivity contribution is 5.82. The van der Waals surface area contributed by atoms with E-state index in [1.165, 1.54) is 0 Å². The molecule has 0 aromatic heterocycles. The van der Waals surface area contributed by atoms with E-state index < -0.39 is 50.0 Å². The third kappa shape index (κ3) is 10.4. The Kier molecular flexibility index (Phi) is 6.95. The van der Waals surface area contributed by atoms with Gasteiger partial charge >= 0.3 is 24.3 Å². The number of hydrogen-bond donors (Lipinski definition) is 0. The molecule has 0 rings (SSSR count). The summed E-state index contributed by atoms with van der Waals surface area (Å²) in [6.07, 6.45) is -13.0. The highest BCUT2D eigenvalue weighted by Gasteiger charge is 2.34. The fourth-order valence-electron chi connectivity index (χ4n) is 0.873. The van der Waals surface area contributed by atoms with Crippen molar-refractivity contribution in [3.8, 4) is 0 Å². The minimum Gasteiger partial charge on any atom is -0.456 e. The first kappa shape index (κ1) is 19.0. The molecule has 1 unspecified atom stereocenters. The van der Waals surface area contributed by atoms with Crippen molar-refractivity contribution in [2.75, 3.05) is 13.2 Å². The van der Waals surface area contributed by atoms with E-state index in [4.69, 9.17) is 0 Å². The molecule has 0 fully saturated rings. The number of carbonyl (C=O) groups is 3. The maximum atomic E-state index is 11.8. The Hall–Kier alpha value is -2.01. The Labute approximate surface area is 112 Å². The van der Waals surface area contributed by atoms with Gasteiger partial charge in [0.25, 0.3) is 6.47 Å². The largest absolute Gasteiger partial charge is 0.456 e. The number of alkyl halides is 6. The number of ether oxygens (including phenoxy) is 3. The highest BCUT2D eigenvalue weighted by atomic mass is 19.4. The molecule has 0 N–H and O–H groups in total. The van der Waals surface area contributed by atoms with Gasteiger partial charge in [0.15, 0.2) is 13.2 Å². The molecule has 122 valence electrons. The molecule has 0 aliphatic carbocycles. The zero-order chi connectivity index (χ0) is 16.7. The van der Waals surface area contributed by atoms with Crippen LogP contribution < -0.4 is 0 Å². The van der Waals surface area contributed by atoms with Gasteiger partial charge in [-0.1, -0.05) is 0 Å². The molecule has 0 spiro atoms. The predicted molar refractivity (Wildman–Crippen MR) is 49.6 cm³/mol. The van der Waals surface area contributed by atoms with Crippen LogP contribution >= 0.6 is 0 Å². The summed E-state index contributed by atoms with van der Waals surface area (Å²) >= 11 is 0. The van der Waals surface area contributed by atoms with Crippen molar-refractivity contribution in [3.63, 3.8) is 0 Å². The molecule has 21 heavy (non-hydrogen) atoms. The van der Waals surface area contributed by atoms with Gasteiger partial charge in [0, 0.05) is 0 Å². The maximum Gasteiger partial charge on any atom is 0.422 e. The van der Waals surface area contributed by atoms with Crippen molar-refractivity contribution < 1.29 is 54.9 Å². The van der Waals surface area contributed by atoms with Crippen LogP contribution in [0.2, 0.25) is 0 Å². The van der Waals surface area contributed by atoms with Crippen molar-refractivity contribution >= 4 is 18.4 Å². The lowest BCUT2D eigenvalue weighted by Crippen LogP contribution is -2.33. The van der Waals surface area contributed by atoms with Gasteiger partial charge in [0.1, 0.15) is 0 Å². The quantitative estimate of drug-likeness (QED) is 0.302. The standard InChI is InChI=1S/C9H8F6O6/c10-8(11,12)2-19-6(17)1-5(21-4-16)7(18)20-3-9(13,14)15/h4-5H,1-3H2. The van der Waals surface area contributed by atoms with Gasteiger partial charge in [-0.2, -0.15) is 26.3 Å². The second-order valence-electron chi connectivity index (χ2n) is 3.42. The SMILES string of the molecule is O=COC(CC(=O)OCC(F)(F)F)C(=O)OCC(F)(F)F. The Morgan fingerprint density at radius 3 is 1.86 bits per heavy atom. The first-order chi connectivity index (χ1) is 9.44. The molecule has 0 aliphatic heterocycles. The summed E-state index contributed by atoms with van der Waals surface area (Å²) in [7, 11) is 0. The van der Waals surface area contributed by atoms with Crippen LogP contribution in [0.1, 0.15) is 6.42 Å². The van der Waals surface area contributed by atoms with Gasteiger partial charge in [0.2, 0.25) is 6.10 Å². The van der Waals surface area contributed by atoms with Crippen LogP contribution in [0.5, 0.6) is 0 Å². The van der Waals surface area contributed by atoms with Crippen LogP contribution in [0, 0.1) is 0 Å². The van der Waals surface area contributed by atoms with Crippen LogP contribution in [-0.4, -0.2) is 50.1 Å². The molecule has 0 heterocycles. The third-order valence-corrected chi connectivity index (χ3v) is 1.61. The van der Waals surface area contributed by atoms with E-state index in [0.29, 0.717) is 0 Å². The number of rotatable bonds is 7. The van der Waals surface area contributed by atoms with E-state index in [2.05, 4.69) is 14.2 Å². The van der Waals surface area contributed by atoms with Gasteiger partial charge in [-0.25, -0.2) is 4.79 Å². The van der Waals surface area contributed by atoms with E-state index in [1.54, 1.807) is 0 Å². The molecule has 6 nitrogen and oxygen atoms in total. The Balaban J connectivity index is 4.44. The molecule has 0 aromatic carbocycles. The van der Waals surface area contributed by atoms with Gasteiger partial charge in [0.05, 0.1) is 6.42 Å². The van der Waals surface area contributed by atoms with Crippen molar-refractivity contribution in [3.05, 3.63) is 0 Å². The monoisotopic (exact) mass is 326 g/mol. The fourth-order valence-corrected chi connectivity index (χ4v) is 0.873. The summed E-state index contributed by atoms with van der Waals surface area (Å²) in [5.41, 5.74) is 0. The normalized spacial score (nSPS) is 13.2. The summed E-state index contributed by atoms with van der Waals surface area (Å²) in [5, 5.41) is 0. The second-order valence-corrected chi connectivity index (χ2v) is 3.42. The minimum atomic E-state index is -4.86. The number of esters is 2. The summed E-state index contributed by atoms with van der Waals surface area (Å²) < 4.78 is 81.9. The molecular formula is C9H8F6O6. The molecule has 1 atom stereocenters. The van der Waals surface area contributed by atoms with E-state index in [0.717, 1.165) is 0 Å². The summed E-state index contributed by atoms with van der Waals surface area (Å²) in [6, 6.07) is 0. The van der Waals surface area contributed by atoms with E-state index in [1.807, 2.05) is 0 Å². The molecule has 12 heteroatoms. The van der Waals surface area contributed by atoms with Crippen LogP contribution in [0.25, 0.3) is 0 Å². The Bertz CT molecular complexity index is 376. The lowest BCUT2D eigenvalue weighted by molar-refractivity contribution is -0.197. The molecule has 0 radical (unpaired) electrons. The Morgan fingerprint density at radius 2 is 1.43 bits per heavy atom.